The maximum Gasteiger partial charge on any atom is 0.257 e. The van der Waals surface area contributed by atoms with Crippen LogP contribution in [0.2, 0.25) is 0 Å². The summed E-state index contributed by atoms with van der Waals surface area (Å²) in [5, 5.41) is 3.85. The Hall–Kier alpha value is -1.68. The normalized spacial score (nSPS) is 12.7. The standard InChI is InChI=1S/C11H13N3O/c1-2-9(12)10-13-11(15-14-10)8-6-4-3-5-7-8/h3-7,9H,2,12H2,1H3. The van der Waals surface area contributed by atoms with Crippen LogP contribution in [0.15, 0.2) is 34.9 Å². The zero-order chi connectivity index (χ0) is 10.7. The maximum absolute atomic E-state index is 5.80. The second-order valence-electron chi connectivity index (χ2n) is 3.34. The molecule has 2 aromatic rings. The van der Waals surface area contributed by atoms with Crippen molar-refractivity contribution in [2.45, 2.75) is 19.4 Å². The highest BCUT2D eigenvalue weighted by molar-refractivity contribution is 5.52. The van der Waals surface area contributed by atoms with Crippen LogP contribution in [0.4, 0.5) is 0 Å². The van der Waals surface area contributed by atoms with E-state index in [0.29, 0.717) is 11.7 Å². The van der Waals surface area contributed by atoms with Gasteiger partial charge in [-0.25, -0.2) is 0 Å². The number of nitrogens with two attached hydrogens (primary N) is 1. The summed E-state index contributed by atoms with van der Waals surface area (Å²) < 4.78 is 5.13. The summed E-state index contributed by atoms with van der Waals surface area (Å²) in [4.78, 5) is 4.25. The molecular weight excluding hydrogens is 190 g/mol. The van der Waals surface area contributed by atoms with Crippen LogP contribution in [0.3, 0.4) is 0 Å². The summed E-state index contributed by atoms with van der Waals surface area (Å²) in [7, 11) is 0. The first-order valence-corrected chi connectivity index (χ1v) is 4.96. The van der Waals surface area contributed by atoms with Crippen LogP contribution in [0.25, 0.3) is 11.5 Å². The lowest BCUT2D eigenvalue weighted by Gasteiger charge is -1.99. The summed E-state index contributed by atoms with van der Waals surface area (Å²) in [6, 6.07) is 9.51. The van der Waals surface area contributed by atoms with Crippen molar-refractivity contribution >= 4 is 0 Å². The fraction of sp³-hybridized carbons (Fsp3) is 0.273. The zero-order valence-corrected chi connectivity index (χ0v) is 8.55. The average molecular weight is 203 g/mol. The number of hydrogen-bond donors (Lipinski definition) is 1. The average Bonchev–Trinajstić information content (AvgIpc) is 2.78. The Balaban J connectivity index is 2.28. The van der Waals surface area contributed by atoms with E-state index in [4.69, 9.17) is 10.3 Å². The van der Waals surface area contributed by atoms with Crippen LogP contribution in [0.1, 0.15) is 25.2 Å². The second kappa shape index (κ2) is 4.23. The van der Waals surface area contributed by atoms with E-state index in [1.807, 2.05) is 37.3 Å². The summed E-state index contributed by atoms with van der Waals surface area (Å²) >= 11 is 0. The Bertz CT molecular complexity index is 424. The van der Waals surface area contributed by atoms with Crippen LogP contribution in [0, 0.1) is 0 Å². The molecule has 0 aliphatic heterocycles. The summed E-state index contributed by atoms with van der Waals surface area (Å²) in [5.41, 5.74) is 6.72. The van der Waals surface area contributed by atoms with Gasteiger partial charge < -0.3 is 10.3 Å². The minimum atomic E-state index is -0.147. The second-order valence-corrected chi connectivity index (χ2v) is 3.34. The molecule has 0 saturated carbocycles. The topological polar surface area (TPSA) is 64.9 Å². The highest BCUT2D eigenvalue weighted by Crippen LogP contribution is 2.18. The van der Waals surface area contributed by atoms with Crippen LogP contribution in [-0.2, 0) is 0 Å². The third-order valence-corrected chi connectivity index (χ3v) is 2.23. The molecule has 0 aliphatic carbocycles. The van der Waals surface area contributed by atoms with E-state index in [2.05, 4.69) is 10.1 Å². The Morgan fingerprint density at radius 2 is 2.07 bits per heavy atom. The van der Waals surface area contributed by atoms with Gasteiger partial charge in [0.2, 0.25) is 0 Å². The van der Waals surface area contributed by atoms with Crippen molar-refractivity contribution in [3.8, 4) is 11.5 Å². The van der Waals surface area contributed by atoms with Crippen molar-refractivity contribution in [3.63, 3.8) is 0 Å². The van der Waals surface area contributed by atoms with Gasteiger partial charge in [0.15, 0.2) is 5.82 Å². The summed E-state index contributed by atoms with van der Waals surface area (Å²) in [6.07, 6.45) is 0.799. The van der Waals surface area contributed by atoms with Gasteiger partial charge in [0, 0.05) is 5.56 Å². The van der Waals surface area contributed by atoms with Crippen LogP contribution < -0.4 is 5.73 Å². The Morgan fingerprint density at radius 3 is 2.73 bits per heavy atom. The fourth-order valence-electron chi connectivity index (χ4n) is 1.27. The molecule has 2 rings (SSSR count). The van der Waals surface area contributed by atoms with Crippen molar-refractivity contribution in [2.75, 3.05) is 0 Å². The molecule has 1 aromatic heterocycles. The zero-order valence-electron chi connectivity index (χ0n) is 8.55. The molecule has 0 spiro atoms. The summed E-state index contributed by atoms with van der Waals surface area (Å²) in [6.45, 7) is 1.99. The van der Waals surface area contributed by atoms with E-state index in [9.17, 15) is 0 Å². The van der Waals surface area contributed by atoms with Gasteiger partial charge in [-0.05, 0) is 18.6 Å². The van der Waals surface area contributed by atoms with E-state index in [1.54, 1.807) is 0 Å². The predicted molar refractivity (Wildman–Crippen MR) is 57.0 cm³/mol. The minimum absolute atomic E-state index is 0.147. The molecule has 2 N–H and O–H groups in total. The molecule has 78 valence electrons. The highest BCUT2D eigenvalue weighted by Gasteiger charge is 2.12. The SMILES string of the molecule is CCC(N)c1noc(-c2ccccc2)n1. The molecule has 0 bridgehead atoms. The molecule has 0 radical (unpaired) electrons. The quantitative estimate of drug-likeness (QED) is 0.830. The molecule has 1 unspecified atom stereocenters. The van der Waals surface area contributed by atoms with Crippen LogP contribution in [0.5, 0.6) is 0 Å². The van der Waals surface area contributed by atoms with Gasteiger partial charge in [-0.3, -0.25) is 0 Å². The smallest absolute Gasteiger partial charge is 0.257 e. The van der Waals surface area contributed by atoms with Gasteiger partial charge in [-0.2, -0.15) is 4.98 Å². The number of aromatic nitrogens is 2. The molecule has 1 aromatic carbocycles. The monoisotopic (exact) mass is 203 g/mol. The summed E-state index contributed by atoms with van der Waals surface area (Å²) in [5.74, 6) is 1.09. The Labute approximate surface area is 88.1 Å². The molecular formula is C11H13N3O. The van der Waals surface area contributed by atoms with E-state index >= 15 is 0 Å². The van der Waals surface area contributed by atoms with E-state index in [1.165, 1.54) is 0 Å². The highest BCUT2D eigenvalue weighted by atomic mass is 16.5. The first-order valence-electron chi connectivity index (χ1n) is 4.96. The molecule has 4 nitrogen and oxygen atoms in total. The Morgan fingerprint density at radius 1 is 1.33 bits per heavy atom. The van der Waals surface area contributed by atoms with Gasteiger partial charge >= 0.3 is 0 Å². The first kappa shape index (κ1) is 9.86. The number of hydrogen-bond acceptors (Lipinski definition) is 4. The van der Waals surface area contributed by atoms with Gasteiger partial charge in [0.1, 0.15) is 0 Å². The van der Waals surface area contributed by atoms with Gasteiger partial charge in [-0.15, -0.1) is 0 Å². The number of rotatable bonds is 3. The molecule has 0 saturated heterocycles. The first-order chi connectivity index (χ1) is 7.31. The third-order valence-electron chi connectivity index (χ3n) is 2.23. The van der Waals surface area contributed by atoms with E-state index in [-0.39, 0.29) is 6.04 Å². The maximum atomic E-state index is 5.80. The van der Waals surface area contributed by atoms with Crippen molar-refractivity contribution < 1.29 is 4.52 Å². The van der Waals surface area contributed by atoms with Crippen LogP contribution in [-0.4, -0.2) is 10.1 Å². The lowest BCUT2D eigenvalue weighted by molar-refractivity contribution is 0.415. The van der Waals surface area contributed by atoms with Gasteiger partial charge in [0.05, 0.1) is 6.04 Å². The van der Waals surface area contributed by atoms with Crippen LogP contribution >= 0.6 is 0 Å². The fourth-order valence-corrected chi connectivity index (χ4v) is 1.27. The molecule has 1 heterocycles. The molecule has 0 fully saturated rings. The van der Waals surface area contributed by atoms with E-state index in [0.717, 1.165) is 12.0 Å². The lowest BCUT2D eigenvalue weighted by atomic mass is 10.2. The van der Waals surface area contributed by atoms with Crippen molar-refractivity contribution in [2.24, 2.45) is 5.73 Å². The Kier molecular flexibility index (Phi) is 2.78. The van der Waals surface area contributed by atoms with E-state index < -0.39 is 0 Å². The van der Waals surface area contributed by atoms with Crippen molar-refractivity contribution in [1.82, 2.24) is 10.1 Å². The third kappa shape index (κ3) is 2.05. The molecule has 15 heavy (non-hydrogen) atoms. The molecule has 1 atom stereocenters. The van der Waals surface area contributed by atoms with Gasteiger partial charge in [-0.1, -0.05) is 30.3 Å². The molecule has 0 aliphatic rings. The van der Waals surface area contributed by atoms with Crippen molar-refractivity contribution in [3.05, 3.63) is 36.2 Å². The minimum Gasteiger partial charge on any atom is -0.334 e. The molecule has 0 amide bonds. The lowest BCUT2D eigenvalue weighted by Crippen LogP contribution is -2.10. The molecule has 4 heteroatoms. The predicted octanol–water partition coefficient (Wildman–Crippen LogP) is 2.15. The number of benzene rings is 1. The van der Waals surface area contributed by atoms with Gasteiger partial charge in [0.25, 0.3) is 5.89 Å². The largest absolute Gasteiger partial charge is 0.334 e. The number of nitrogens with zero attached hydrogens (tertiary/aromatic N) is 2. The van der Waals surface area contributed by atoms with Crippen molar-refractivity contribution in [1.29, 1.82) is 0 Å².